The Morgan fingerprint density at radius 3 is 2.76 bits per heavy atom. The topological polar surface area (TPSA) is 24.5 Å². The molecule has 1 rings (SSSR count). The lowest BCUT2D eigenvalue weighted by atomic mass is 10.0. The Morgan fingerprint density at radius 2 is 2.14 bits per heavy atom. The summed E-state index contributed by atoms with van der Waals surface area (Å²) in [5.74, 6) is 0. The van der Waals surface area contributed by atoms with E-state index in [0.717, 1.165) is 48.6 Å². The second-order valence-corrected chi connectivity index (χ2v) is 6.58. The van der Waals surface area contributed by atoms with Crippen LogP contribution in [0.2, 0.25) is 5.02 Å². The second kappa shape index (κ2) is 10.6. The third kappa shape index (κ3) is 7.11. The zero-order valence-corrected chi connectivity index (χ0v) is 15.5. The van der Waals surface area contributed by atoms with E-state index in [1.165, 1.54) is 5.56 Å². The number of ether oxygens (including phenoxy) is 1. The van der Waals surface area contributed by atoms with E-state index in [9.17, 15) is 0 Å². The summed E-state index contributed by atoms with van der Waals surface area (Å²) in [5, 5.41) is 4.42. The van der Waals surface area contributed by atoms with Gasteiger partial charge in [0.05, 0.1) is 6.61 Å². The number of halogens is 2. The van der Waals surface area contributed by atoms with Crippen molar-refractivity contribution in [1.29, 1.82) is 0 Å². The molecule has 0 amide bonds. The Hall–Kier alpha value is -0.130. The van der Waals surface area contributed by atoms with Crippen LogP contribution in [0.4, 0.5) is 0 Å². The van der Waals surface area contributed by atoms with Crippen molar-refractivity contribution in [1.82, 2.24) is 10.2 Å². The van der Waals surface area contributed by atoms with Gasteiger partial charge in [-0.05, 0) is 50.7 Å². The standard InChI is InChI=1S/C16H26BrClN2O/c1-4-8-19-16(7-9-20(2)10-11-21-3)14-6-5-13(17)12-15(14)18/h5-6,12,16,19H,4,7-11H2,1-3H3. The Kier molecular flexibility index (Phi) is 9.52. The first-order chi connectivity index (χ1) is 10.1. The maximum absolute atomic E-state index is 6.40. The molecule has 1 unspecified atom stereocenters. The van der Waals surface area contributed by atoms with Crippen molar-refractivity contribution in [2.75, 3.05) is 40.4 Å². The van der Waals surface area contributed by atoms with E-state index in [0.29, 0.717) is 0 Å². The Morgan fingerprint density at radius 1 is 1.38 bits per heavy atom. The first-order valence-electron chi connectivity index (χ1n) is 7.44. The van der Waals surface area contributed by atoms with Crippen molar-refractivity contribution in [3.05, 3.63) is 33.3 Å². The monoisotopic (exact) mass is 376 g/mol. The fourth-order valence-electron chi connectivity index (χ4n) is 2.18. The molecule has 0 aromatic heterocycles. The first-order valence-corrected chi connectivity index (χ1v) is 8.61. The predicted molar refractivity (Wildman–Crippen MR) is 94.2 cm³/mol. The molecule has 1 aromatic carbocycles. The van der Waals surface area contributed by atoms with E-state index >= 15 is 0 Å². The molecule has 120 valence electrons. The summed E-state index contributed by atoms with van der Waals surface area (Å²) >= 11 is 9.86. The summed E-state index contributed by atoms with van der Waals surface area (Å²) in [6.45, 7) is 5.90. The van der Waals surface area contributed by atoms with Gasteiger partial charge in [-0.25, -0.2) is 0 Å². The average Bonchev–Trinajstić information content (AvgIpc) is 2.46. The molecular formula is C16H26BrClN2O. The van der Waals surface area contributed by atoms with Crippen molar-refractivity contribution >= 4 is 27.5 Å². The van der Waals surface area contributed by atoms with Crippen LogP contribution >= 0.6 is 27.5 Å². The number of benzene rings is 1. The van der Waals surface area contributed by atoms with Crippen LogP contribution < -0.4 is 5.32 Å². The number of methoxy groups -OCH3 is 1. The van der Waals surface area contributed by atoms with Crippen molar-refractivity contribution in [3.8, 4) is 0 Å². The number of hydrogen-bond donors (Lipinski definition) is 1. The van der Waals surface area contributed by atoms with Crippen molar-refractivity contribution in [3.63, 3.8) is 0 Å². The van der Waals surface area contributed by atoms with Gasteiger partial charge in [-0.2, -0.15) is 0 Å². The average molecular weight is 378 g/mol. The highest BCUT2D eigenvalue weighted by Crippen LogP contribution is 2.28. The molecule has 1 aromatic rings. The SMILES string of the molecule is CCCNC(CCN(C)CCOC)c1ccc(Br)cc1Cl. The van der Waals surface area contributed by atoms with Crippen LogP contribution in [0, 0.1) is 0 Å². The normalized spacial score (nSPS) is 12.9. The van der Waals surface area contributed by atoms with Gasteiger partial charge in [0, 0.05) is 29.2 Å². The zero-order valence-electron chi connectivity index (χ0n) is 13.2. The molecule has 0 saturated carbocycles. The smallest absolute Gasteiger partial charge is 0.0589 e. The van der Waals surface area contributed by atoms with Gasteiger partial charge in [-0.3, -0.25) is 0 Å². The van der Waals surface area contributed by atoms with Gasteiger partial charge in [0.25, 0.3) is 0 Å². The number of nitrogens with zero attached hydrogens (tertiary/aromatic N) is 1. The van der Waals surface area contributed by atoms with Gasteiger partial charge < -0.3 is 15.0 Å². The highest BCUT2D eigenvalue weighted by Gasteiger charge is 2.15. The maximum atomic E-state index is 6.40. The Balaban J connectivity index is 2.66. The molecule has 0 aliphatic rings. The third-order valence-electron chi connectivity index (χ3n) is 3.46. The zero-order chi connectivity index (χ0) is 15.7. The summed E-state index contributed by atoms with van der Waals surface area (Å²) < 4.78 is 6.13. The van der Waals surface area contributed by atoms with Crippen LogP contribution in [0.5, 0.6) is 0 Å². The van der Waals surface area contributed by atoms with Crippen LogP contribution in [0.25, 0.3) is 0 Å². The quantitative estimate of drug-likeness (QED) is 0.664. The number of rotatable bonds is 10. The molecule has 0 bridgehead atoms. The molecule has 0 heterocycles. The van der Waals surface area contributed by atoms with Gasteiger partial charge in [0.1, 0.15) is 0 Å². The summed E-state index contributed by atoms with van der Waals surface area (Å²) in [4.78, 5) is 2.29. The highest BCUT2D eigenvalue weighted by molar-refractivity contribution is 9.10. The lowest BCUT2D eigenvalue weighted by molar-refractivity contribution is 0.158. The van der Waals surface area contributed by atoms with E-state index in [2.05, 4.69) is 52.3 Å². The molecule has 0 spiro atoms. The minimum absolute atomic E-state index is 0.288. The van der Waals surface area contributed by atoms with Gasteiger partial charge in [-0.1, -0.05) is 40.5 Å². The molecule has 3 nitrogen and oxygen atoms in total. The van der Waals surface area contributed by atoms with Gasteiger partial charge in [0.2, 0.25) is 0 Å². The van der Waals surface area contributed by atoms with E-state index in [4.69, 9.17) is 16.3 Å². The Bertz CT molecular complexity index is 417. The van der Waals surface area contributed by atoms with Crippen LogP contribution in [-0.4, -0.2) is 45.3 Å². The van der Waals surface area contributed by atoms with E-state index < -0.39 is 0 Å². The van der Waals surface area contributed by atoms with E-state index in [-0.39, 0.29) is 6.04 Å². The van der Waals surface area contributed by atoms with E-state index in [1.807, 2.05) is 6.07 Å². The molecule has 5 heteroatoms. The van der Waals surface area contributed by atoms with Gasteiger partial charge >= 0.3 is 0 Å². The minimum Gasteiger partial charge on any atom is -0.383 e. The third-order valence-corrected chi connectivity index (χ3v) is 4.28. The summed E-state index contributed by atoms with van der Waals surface area (Å²) in [6.07, 6.45) is 2.14. The molecule has 1 atom stereocenters. The predicted octanol–water partition coefficient (Wildman–Crippen LogP) is 4.11. The van der Waals surface area contributed by atoms with Crippen molar-refractivity contribution in [2.24, 2.45) is 0 Å². The molecule has 0 aliphatic heterocycles. The van der Waals surface area contributed by atoms with Crippen LogP contribution in [-0.2, 0) is 4.74 Å². The lowest BCUT2D eigenvalue weighted by Gasteiger charge is -2.24. The second-order valence-electron chi connectivity index (χ2n) is 5.26. The molecule has 0 radical (unpaired) electrons. The number of likely N-dealkylation sites (N-methyl/N-ethyl adjacent to an activating group) is 1. The summed E-state index contributed by atoms with van der Waals surface area (Å²) in [5.41, 5.74) is 1.17. The van der Waals surface area contributed by atoms with Crippen molar-refractivity contribution < 1.29 is 4.74 Å². The fraction of sp³-hybridized carbons (Fsp3) is 0.625. The first kappa shape index (κ1) is 18.9. The van der Waals surface area contributed by atoms with Gasteiger partial charge in [-0.15, -0.1) is 0 Å². The Labute approximate surface area is 142 Å². The van der Waals surface area contributed by atoms with Crippen molar-refractivity contribution in [2.45, 2.75) is 25.8 Å². The lowest BCUT2D eigenvalue weighted by Crippen LogP contribution is -2.29. The van der Waals surface area contributed by atoms with Crippen LogP contribution in [0.3, 0.4) is 0 Å². The molecule has 21 heavy (non-hydrogen) atoms. The molecular weight excluding hydrogens is 352 g/mol. The molecule has 0 fully saturated rings. The maximum Gasteiger partial charge on any atom is 0.0589 e. The molecule has 1 N–H and O–H groups in total. The molecule has 0 aliphatic carbocycles. The van der Waals surface area contributed by atoms with Gasteiger partial charge in [0.15, 0.2) is 0 Å². The van der Waals surface area contributed by atoms with Crippen LogP contribution in [0.1, 0.15) is 31.4 Å². The highest BCUT2D eigenvalue weighted by atomic mass is 79.9. The summed E-state index contributed by atoms with van der Waals surface area (Å²) in [7, 11) is 3.86. The fourth-order valence-corrected chi connectivity index (χ4v) is 2.98. The largest absolute Gasteiger partial charge is 0.383 e. The van der Waals surface area contributed by atoms with E-state index in [1.54, 1.807) is 7.11 Å². The molecule has 0 saturated heterocycles. The summed E-state index contributed by atoms with van der Waals surface area (Å²) in [6, 6.07) is 6.41. The number of hydrogen-bond acceptors (Lipinski definition) is 3. The minimum atomic E-state index is 0.288. The number of nitrogens with one attached hydrogen (secondary N) is 1. The van der Waals surface area contributed by atoms with Crippen LogP contribution in [0.15, 0.2) is 22.7 Å².